The fourth-order valence-corrected chi connectivity index (χ4v) is 1.86. The van der Waals surface area contributed by atoms with E-state index >= 15 is 0 Å². The Kier molecular flexibility index (Phi) is 10.2. The number of aliphatic hydroxyl groups excluding tert-OH is 1. The van der Waals surface area contributed by atoms with E-state index < -0.39 is 5.97 Å². The highest BCUT2D eigenvalue weighted by atomic mass is 35.5. The molecule has 108 valence electrons. The second-order valence-electron chi connectivity index (χ2n) is 4.34. The van der Waals surface area contributed by atoms with Gasteiger partial charge in [0.1, 0.15) is 0 Å². The van der Waals surface area contributed by atoms with Crippen molar-refractivity contribution in [1.82, 2.24) is 4.90 Å². The third-order valence-corrected chi connectivity index (χ3v) is 2.78. The Hall–Kier alpha value is -1.10. The monoisotopic (exact) mass is 287 g/mol. The Morgan fingerprint density at radius 2 is 1.79 bits per heavy atom. The molecule has 1 aromatic carbocycles. The van der Waals surface area contributed by atoms with Crippen molar-refractivity contribution < 1.29 is 15.0 Å². The number of unbranched alkanes of at least 4 members (excludes halogenated alkanes) is 1. The van der Waals surface area contributed by atoms with Crippen LogP contribution in [0, 0.1) is 0 Å². The van der Waals surface area contributed by atoms with Gasteiger partial charge in [-0.05, 0) is 24.9 Å². The number of halogens is 1. The summed E-state index contributed by atoms with van der Waals surface area (Å²) in [4.78, 5) is 12.6. The van der Waals surface area contributed by atoms with Gasteiger partial charge in [-0.2, -0.15) is 0 Å². The summed E-state index contributed by atoms with van der Waals surface area (Å²) in [7, 11) is 0. The van der Waals surface area contributed by atoms with Crippen molar-refractivity contribution in [3.8, 4) is 0 Å². The SMILES string of the molecule is Cl.O=C(O)CCCCN(CCO)Cc1ccccc1. The number of hydrogen-bond acceptors (Lipinski definition) is 3. The number of carboxylic acid groups (broad SMARTS) is 1. The minimum absolute atomic E-state index is 0. The van der Waals surface area contributed by atoms with Crippen LogP contribution in [-0.2, 0) is 11.3 Å². The van der Waals surface area contributed by atoms with E-state index in [1.165, 1.54) is 5.56 Å². The van der Waals surface area contributed by atoms with Gasteiger partial charge < -0.3 is 10.2 Å². The molecule has 0 aliphatic heterocycles. The topological polar surface area (TPSA) is 60.8 Å². The van der Waals surface area contributed by atoms with Gasteiger partial charge in [-0.25, -0.2) is 0 Å². The van der Waals surface area contributed by atoms with Crippen LogP contribution in [0.5, 0.6) is 0 Å². The van der Waals surface area contributed by atoms with Gasteiger partial charge in [-0.3, -0.25) is 9.69 Å². The zero-order chi connectivity index (χ0) is 13.2. The minimum Gasteiger partial charge on any atom is -0.481 e. The second-order valence-corrected chi connectivity index (χ2v) is 4.34. The van der Waals surface area contributed by atoms with Crippen molar-refractivity contribution in [2.45, 2.75) is 25.8 Å². The predicted molar refractivity (Wildman–Crippen MR) is 77.5 cm³/mol. The maximum Gasteiger partial charge on any atom is 0.303 e. The maximum absolute atomic E-state index is 10.4. The Morgan fingerprint density at radius 3 is 2.37 bits per heavy atom. The smallest absolute Gasteiger partial charge is 0.303 e. The standard InChI is InChI=1S/C14H21NO3.ClH/c16-11-10-15(9-5-4-8-14(17)18)12-13-6-2-1-3-7-13;/h1-3,6-7,16H,4-5,8-12H2,(H,17,18);1H. The highest BCUT2D eigenvalue weighted by Crippen LogP contribution is 2.06. The summed E-state index contributed by atoms with van der Waals surface area (Å²) < 4.78 is 0. The van der Waals surface area contributed by atoms with Gasteiger partial charge in [0.15, 0.2) is 0 Å². The lowest BCUT2D eigenvalue weighted by molar-refractivity contribution is -0.137. The van der Waals surface area contributed by atoms with E-state index in [2.05, 4.69) is 17.0 Å². The van der Waals surface area contributed by atoms with E-state index in [1.54, 1.807) is 0 Å². The zero-order valence-electron chi connectivity index (χ0n) is 11.0. The molecular formula is C14H22ClNO3. The molecule has 4 nitrogen and oxygen atoms in total. The molecule has 0 aliphatic rings. The van der Waals surface area contributed by atoms with Crippen molar-refractivity contribution in [1.29, 1.82) is 0 Å². The Morgan fingerprint density at radius 1 is 1.11 bits per heavy atom. The van der Waals surface area contributed by atoms with E-state index in [-0.39, 0.29) is 25.4 Å². The Labute approximate surface area is 120 Å². The summed E-state index contributed by atoms with van der Waals surface area (Å²) in [6.45, 7) is 2.38. The van der Waals surface area contributed by atoms with Gasteiger partial charge in [-0.1, -0.05) is 30.3 Å². The molecule has 0 heterocycles. The van der Waals surface area contributed by atoms with Crippen molar-refractivity contribution >= 4 is 18.4 Å². The molecule has 1 aromatic rings. The number of aliphatic carboxylic acids is 1. The molecule has 0 bridgehead atoms. The van der Waals surface area contributed by atoms with E-state index in [1.807, 2.05) is 18.2 Å². The van der Waals surface area contributed by atoms with Crippen LogP contribution in [0.1, 0.15) is 24.8 Å². The van der Waals surface area contributed by atoms with E-state index in [9.17, 15) is 4.79 Å². The minimum atomic E-state index is -0.744. The quantitative estimate of drug-likeness (QED) is 0.683. The summed E-state index contributed by atoms with van der Waals surface area (Å²) in [6, 6.07) is 10.1. The second kappa shape index (κ2) is 10.8. The van der Waals surface area contributed by atoms with Crippen LogP contribution in [0.15, 0.2) is 30.3 Å². The van der Waals surface area contributed by atoms with Gasteiger partial charge in [0.05, 0.1) is 6.61 Å². The number of hydrogen-bond donors (Lipinski definition) is 2. The summed E-state index contributed by atoms with van der Waals surface area (Å²) in [5.41, 5.74) is 1.21. The number of nitrogens with zero attached hydrogens (tertiary/aromatic N) is 1. The molecule has 5 heteroatoms. The molecule has 0 saturated carbocycles. The average Bonchev–Trinajstić information content (AvgIpc) is 2.36. The zero-order valence-corrected chi connectivity index (χ0v) is 11.8. The lowest BCUT2D eigenvalue weighted by Crippen LogP contribution is -2.27. The van der Waals surface area contributed by atoms with Crippen molar-refractivity contribution in [3.05, 3.63) is 35.9 Å². The fourth-order valence-electron chi connectivity index (χ4n) is 1.86. The molecule has 0 aliphatic carbocycles. The number of aliphatic hydroxyl groups is 1. The molecule has 2 N–H and O–H groups in total. The van der Waals surface area contributed by atoms with Gasteiger partial charge in [0.2, 0.25) is 0 Å². The number of carboxylic acids is 1. The van der Waals surface area contributed by atoms with Gasteiger partial charge in [0.25, 0.3) is 0 Å². The molecule has 0 aromatic heterocycles. The highest BCUT2D eigenvalue weighted by molar-refractivity contribution is 5.85. The van der Waals surface area contributed by atoms with Crippen LogP contribution in [0.4, 0.5) is 0 Å². The molecule has 0 unspecified atom stereocenters. The van der Waals surface area contributed by atoms with Crippen molar-refractivity contribution in [2.24, 2.45) is 0 Å². The van der Waals surface area contributed by atoms with Crippen LogP contribution in [-0.4, -0.2) is 40.8 Å². The molecule has 0 radical (unpaired) electrons. The highest BCUT2D eigenvalue weighted by Gasteiger charge is 2.05. The fraction of sp³-hybridized carbons (Fsp3) is 0.500. The van der Waals surface area contributed by atoms with E-state index in [4.69, 9.17) is 10.2 Å². The van der Waals surface area contributed by atoms with Crippen LogP contribution in [0.2, 0.25) is 0 Å². The summed E-state index contributed by atoms with van der Waals surface area (Å²) in [5, 5.41) is 17.6. The van der Waals surface area contributed by atoms with Gasteiger partial charge in [0, 0.05) is 19.5 Å². The molecule has 0 saturated heterocycles. The molecule has 0 spiro atoms. The van der Waals surface area contributed by atoms with Crippen molar-refractivity contribution in [3.63, 3.8) is 0 Å². The molecule has 0 fully saturated rings. The third-order valence-electron chi connectivity index (χ3n) is 2.78. The largest absolute Gasteiger partial charge is 0.481 e. The molecular weight excluding hydrogens is 266 g/mol. The van der Waals surface area contributed by atoms with Crippen molar-refractivity contribution in [2.75, 3.05) is 19.7 Å². The van der Waals surface area contributed by atoms with Crippen LogP contribution < -0.4 is 0 Å². The van der Waals surface area contributed by atoms with Gasteiger partial charge >= 0.3 is 5.97 Å². The van der Waals surface area contributed by atoms with E-state index in [0.29, 0.717) is 13.0 Å². The number of rotatable bonds is 9. The van der Waals surface area contributed by atoms with E-state index in [0.717, 1.165) is 19.5 Å². The first-order valence-electron chi connectivity index (χ1n) is 6.31. The third kappa shape index (κ3) is 8.59. The predicted octanol–water partition coefficient (Wildman–Crippen LogP) is 2.16. The van der Waals surface area contributed by atoms with Gasteiger partial charge in [-0.15, -0.1) is 12.4 Å². The first-order chi connectivity index (χ1) is 8.72. The maximum atomic E-state index is 10.4. The molecule has 0 amide bonds. The molecule has 19 heavy (non-hydrogen) atoms. The molecule has 1 rings (SSSR count). The van der Waals surface area contributed by atoms with Crippen LogP contribution in [0.25, 0.3) is 0 Å². The summed E-state index contributed by atoms with van der Waals surface area (Å²) in [6.07, 6.45) is 1.75. The Balaban J connectivity index is 0.00000324. The molecule has 0 atom stereocenters. The number of carbonyl (C=O) groups is 1. The van der Waals surface area contributed by atoms with Crippen LogP contribution in [0.3, 0.4) is 0 Å². The summed E-state index contributed by atoms with van der Waals surface area (Å²) in [5.74, 6) is -0.744. The first-order valence-corrected chi connectivity index (χ1v) is 6.31. The Bertz CT molecular complexity index is 346. The van der Waals surface area contributed by atoms with Crippen LogP contribution >= 0.6 is 12.4 Å². The average molecular weight is 288 g/mol. The lowest BCUT2D eigenvalue weighted by Gasteiger charge is -2.21. The first kappa shape index (κ1) is 17.9. The lowest BCUT2D eigenvalue weighted by atomic mass is 10.2. The normalized spacial score (nSPS) is 10.2. The summed E-state index contributed by atoms with van der Waals surface area (Å²) >= 11 is 0. The number of benzene rings is 1.